The number of ether oxygens (including phenoxy) is 1. The fourth-order valence-electron chi connectivity index (χ4n) is 4.91. The summed E-state index contributed by atoms with van der Waals surface area (Å²) in [5, 5.41) is 7.40. The van der Waals surface area contributed by atoms with Crippen LogP contribution in [0.3, 0.4) is 0 Å². The highest BCUT2D eigenvalue weighted by Crippen LogP contribution is 2.24. The molecule has 2 atom stereocenters. The summed E-state index contributed by atoms with van der Waals surface area (Å²) in [6, 6.07) is 15.7. The van der Waals surface area contributed by atoms with Crippen LogP contribution in [0, 0.1) is 0 Å². The van der Waals surface area contributed by atoms with Crippen LogP contribution in [0.2, 0.25) is 5.02 Å². The largest absolute Gasteiger partial charge is 0.444 e. The number of fused-ring (bicyclic) bond motifs is 1. The highest BCUT2D eigenvalue weighted by atomic mass is 35.5. The van der Waals surface area contributed by atoms with E-state index in [0.717, 1.165) is 10.9 Å². The Bertz CT molecular complexity index is 1690. The molecule has 3 heterocycles. The number of benzene rings is 2. The predicted octanol–water partition coefficient (Wildman–Crippen LogP) is 4.51. The van der Waals surface area contributed by atoms with Crippen LogP contribution < -0.4 is 16.2 Å². The Morgan fingerprint density at radius 3 is 2.36 bits per heavy atom. The van der Waals surface area contributed by atoms with Gasteiger partial charge >= 0.3 is 6.09 Å². The summed E-state index contributed by atoms with van der Waals surface area (Å²) in [7, 11) is 0. The lowest BCUT2D eigenvalue weighted by Gasteiger charge is -2.39. The second-order valence-electron chi connectivity index (χ2n) is 11.2. The zero-order valence-corrected chi connectivity index (χ0v) is 24.3. The molecule has 1 aliphatic rings. The molecule has 1 unspecified atom stereocenters. The van der Waals surface area contributed by atoms with E-state index in [4.69, 9.17) is 16.3 Å². The molecular weight excluding hydrogens is 558 g/mol. The third-order valence-electron chi connectivity index (χ3n) is 7.02. The minimum atomic E-state index is -0.676. The number of H-pyrrole nitrogens is 1. The van der Waals surface area contributed by atoms with Crippen LogP contribution in [0.1, 0.15) is 47.9 Å². The fourth-order valence-corrected chi connectivity index (χ4v) is 5.13. The number of piperidine rings is 1. The van der Waals surface area contributed by atoms with Gasteiger partial charge in [0.1, 0.15) is 5.60 Å². The van der Waals surface area contributed by atoms with Gasteiger partial charge in [0.05, 0.1) is 17.1 Å². The maximum Gasteiger partial charge on any atom is 0.410 e. The fraction of sp³-hybridized carbons (Fsp3) is 0.290. The van der Waals surface area contributed by atoms with Crippen molar-refractivity contribution in [1.82, 2.24) is 25.1 Å². The van der Waals surface area contributed by atoms with Gasteiger partial charge < -0.3 is 25.3 Å². The van der Waals surface area contributed by atoms with Crippen LogP contribution >= 0.6 is 11.6 Å². The second-order valence-corrected chi connectivity index (χ2v) is 11.6. The minimum absolute atomic E-state index is 0.151. The molecule has 0 saturated carbocycles. The molecule has 4 aromatic rings. The van der Waals surface area contributed by atoms with Crippen molar-refractivity contribution in [3.8, 4) is 5.69 Å². The van der Waals surface area contributed by atoms with Gasteiger partial charge in [-0.05, 0) is 69.7 Å². The van der Waals surface area contributed by atoms with E-state index in [1.807, 2.05) is 0 Å². The summed E-state index contributed by atoms with van der Waals surface area (Å²) in [4.78, 5) is 56.2. The van der Waals surface area contributed by atoms with Crippen LogP contribution in [0.4, 0.5) is 4.79 Å². The van der Waals surface area contributed by atoms with E-state index in [1.54, 1.807) is 92.7 Å². The molecule has 5 rings (SSSR count). The maximum atomic E-state index is 13.3. The molecule has 218 valence electrons. The second kappa shape index (κ2) is 11.7. The molecule has 10 nitrogen and oxygen atoms in total. The molecule has 1 aliphatic heterocycles. The van der Waals surface area contributed by atoms with Gasteiger partial charge in [-0.25, -0.2) is 4.79 Å². The predicted molar refractivity (Wildman–Crippen MR) is 160 cm³/mol. The molecule has 3 N–H and O–H groups in total. The number of aromatic nitrogens is 2. The molecule has 1 fully saturated rings. The van der Waals surface area contributed by atoms with Crippen LogP contribution in [-0.4, -0.2) is 63.1 Å². The van der Waals surface area contributed by atoms with Crippen molar-refractivity contribution in [3.05, 3.63) is 99.6 Å². The van der Waals surface area contributed by atoms with Crippen LogP contribution in [-0.2, 0) is 4.74 Å². The molecular formula is C31H32ClN5O5. The Labute approximate surface area is 247 Å². The highest BCUT2D eigenvalue weighted by molar-refractivity contribution is 6.35. The Kier molecular flexibility index (Phi) is 8.08. The Hall–Kier alpha value is -4.57. The van der Waals surface area contributed by atoms with Gasteiger partial charge in [0, 0.05) is 59.3 Å². The van der Waals surface area contributed by atoms with Gasteiger partial charge in [-0.2, -0.15) is 0 Å². The SMILES string of the molecule is CC(C)(C)OC(=O)N1CCC(NC(=O)c2ccc(-n3ccccc3=O)cc2)[C@@H](NC(=O)c2ccc3c(Cl)c[nH]c3c2)C1. The molecule has 0 spiro atoms. The van der Waals surface area contributed by atoms with E-state index >= 15 is 0 Å². The summed E-state index contributed by atoms with van der Waals surface area (Å²) in [5.41, 5.74) is 1.31. The minimum Gasteiger partial charge on any atom is -0.444 e. The molecule has 0 aliphatic carbocycles. The lowest BCUT2D eigenvalue weighted by Crippen LogP contribution is -2.61. The van der Waals surface area contributed by atoms with Crippen molar-refractivity contribution in [2.75, 3.05) is 13.1 Å². The van der Waals surface area contributed by atoms with E-state index in [2.05, 4.69) is 15.6 Å². The quantitative estimate of drug-likeness (QED) is 0.316. The highest BCUT2D eigenvalue weighted by Gasteiger charge is 2.35. The molecule has 42 heavy (non-hydrogen) atoms. The van der Waals surface area contributed by atoms with Crippen molar-refractivity contribution in [1.29, 1.82) is 0 Å². The van der Waals surface area contributed by atoms with Gasteiger partial charge in [0.2, 0.25) is 0 Å². The third-order valence-corrected chi connectivity index (χ3v) is 7.33. The van der Waals surface area contributed by atoms with Gasteiger partial charge in [-0.1, -0.05) is 23.7 Å². The Balaban J connectivity index is 1.33. The maximum absolute atomic E-state index is 13.3. The van der Waals surface area contributed by atoms with E-state index in [1.165, 1.54) is 10.6 Å². The van der Waals surface area contributed by atoms with Crippen molar-refractivity contribution in [2.45, 2.75) is 44.9 Å². The standard InChI is InChI=1S/C31H32ClN5O5/c1-31(2,3)42-30(41)36-15-13-24(26(18-36)35-29(40)20-9-12-22-23(32)17-33-25(22)16-20)34-28(39)19-7-10-21(11-8-19)37-14-5-4-6-27(37)38/h4-12,14,16-17,24,26,33H,13,15,18H2,1-3H3,(H,34,39)(H,35,40)/t24?,26-/m0/s1. The summed E-state index contributed by atoms with van der Waals surface area (Å²) in [6.45, 7) is 5.87. The van der Waals surface area contributed by atoms with Gasteiger partial charge in [0.15, 0.2) is 0 Å². The lowest BCUT2D eigenvalue weighted by atomic mass is 9.98. The Morgan fingerprint density at radius 1 is 0.952 bits per heavy atom. The zero-order chi connectivity index (χ0) is 30.0. The number of halogens is 1. The van der Waals surface area contributed by atoms with Crippen molar-refractivity contribution in [2.24, 2.45) is 0 Å². The number of carbonyl (C=O) groups excluding carboxylic acids is 3. The number of likely N-dealkylation sites (tertiary alicyclic amines) is 1. The number of rotatable bonds is 5. The summed E-state index contributed by atoms with van der Waals surface area (Å²) in [6.07, 6.45) is 3.23. The number of aromatic amines is 1. The Morgan fingerprint density at radius 2 is 1.64 bits per heavy atom. The molecule has 1 saturated heterocycles. The smallest absolute Gasteiger partial charge is 0.410 e. The summed E-state index contributed by atoms with van der Waals surface area (Å²) >= 11 is 6.18. The third kappa shape index (κ3) is 6.49. The number of carbonyl (C=O) groups is 3. The topological polar surface area (TPSA) is 126 Å². The number of nitrogens with one attached hydrogen (secondary N) is 3. The first-order chi connectivity index (χ1) is 20.0. The molecule has 3 amide bonds. The van der Waals surface area contributed by atoms with E-state index in [9.17, 15) is 19.2 Å². The lowest BCUT2D eigenvalue weighted by molar-refractivity contribution is 0.0161. The van der Waals surface area contributed by atoms with Crippen LogP contribution in [0.15, 0.2) is 77.9 Å². The number of nitrogens with zero attached hydrogens (tertiary/aromatic N) is 2. The summed E-state index contributed by atoms with van der Waals surface area (Å²) in [5.74, 6) is -0.685. The average molecular weight is 590 g/mol. The normalized spacial score (nSPS) is 17.1. The molecule has 0 bridgehead atoms. The van der Waals surface area contributed by atoms with Gasteiger partial charge in [-0.3, -0.25) is 19.0 Å². The molecule has 2 aromatic heterocycles. The first-order valence-corrected chi connectivity index (χ1v) is 14.0. The first-order valence-electron chi connectivity index (χ1n) is 13.6. The molecule has 0 radical (unpaired) electrons. The number of hydrogen-bond acceptors (Lipinski definition) is 5. The molecule has 2 aromatic carbocycles. The number of amides is 3. The van der Waals surface area contributed by atoms with Crippen molar-refractivity contribution < 1.29 is 19.1 Å². The zero-order valence-electron chi connectivity index (χ0n) is 23.5. The monoisotopic (exact) mass is 589 g/mol. The number of hydrogen-bond donors (Lipinski definition) is 3. The van der Waals surface area contributed by atoms with E-state index < -0.39 is 23.8 Å². The van der Waals surface area contributed by atoms with E-state index in [-0.39, 0.29) is 23.9 Å². The number of pyridine rings is 1. The van der Waals surface area contributed by atoms with E-state index in [0.29, 0.717) is 34.8 Å². The first kappa shape index (κ1) is 28.9. The van der Waals surface area contributed by atoms with Gasteiger partial charge in [-0.15, -0.1) is 0 Å². The summed E-state index contributed by atoms with van der Waals surface area (Å²) < 4.78 is 7.04. The van der Waals surface area contributed by atoms with Crippen molar-refractivity contribution in [3.63, 3.8) is 0 Å². The van der Waals surface area contributed by atoms with Crippen LogP contribution in [0.5, 0.6) is 0 Å². The molecule has 11 heteroatoms. The van der Waals surface area contributed by atoms with Crippen molar-refractivity contribution >= 4 is 40.4 Å². The van der Waals surface area contributed by atoms with Gasteiger partial charge in [0.25, 0.3) is 17.4 Å². The van der Waals surface area contributed by atoms with Crippen LogP contribution in [0.25, 0.3) is 16.6 Å². The average Bonchev–Trinajstić information content (AvgIpc) is 3.33.